The number of unbranched alkanes of at least 4 members (excludes halogenated alkanes) is 5. The molecule has 0 bridgehead atoms. The van der Waals surface area contributed by atoms with E-state index in [2.05, 4.69) is 27.7 Å². The van der Waals surface area contributed by atoms with Gasteiger partial charge in [-0.05, 0) is 17.8 Å². The van der Waals surface area contributed by atoms with Crippen LogP contribution >= 0.6 is 0 Å². The molecule has 0 aliphatic heterocycles. The Morgan fingerprint density at radius 1 is 1.11 bits per heavy atom. The second kappa shape index (κ2) is 9.41. The average Bonchev–Trinajstić information content (AvgIpc) is 2.20. The van der Waals surface area contributed by atoms with Crippen molar-refractivity contribution in [1.82, 2.24) is 0 Å². The number of rotatable bonds is 11. The third kappa shape index (κ3) is 10.6. The Balaban J connectivity index is 3.63. The van der Waals surface area contributed by atoms with Crippen LogP contribution in [-0.2, 0) is 4.79 Å². The standard InChI is InChI=1S/C16H32O2/c1-5-6-7-8-9-10-11-14(2)12-16(3,4)13-15(17)18/h14H,5-13H2,1-4H3,(H,17,18). The van der Waals surface area contributed by atoms with Gasteiger partial charge >= 0.3 is 5.97 Å². The summed E-state index contributed by atoms with van der Waals surface area (Å²) in [6.45, 7) is 8.64. The molecule has 1 atom stereocenters. The zero-order valence-corrected chi connectivity index (χ0v) is 12.8. The van der Waals surface area contributed by atoms with Gasteiger partial charge in [-0.25, -0.2) is 0 Å². The maximum atomic E-state index is 10.8. The van der Waals surface area contributed by atoms with Gasteiger partial charge in [0, 0.05) is 0 Å². The molecule has 108 valence electrons. The summed E-state index contributed by atoms with van der Waals surface area (Å²) in [6, 6.07) is 0. The molecule has 2 nitrogen and oxygen atoms in total. The molecule has 0 aromatic heterocycles. The number of carbonyl (C=O) groups is 1. The molecule has 1 unspecified atom stereocenters. The Hall–Kier alpha value is -0.530. The molecule has 0 heterocycles. The molecule has 0 rings (SSSR count). The summed E-state index contributed by atoms with van der Waals surface area (Å²) in [4.78, 5) is 10.8. The molecule has 0 aliphatic carbocycles. The van der Waals surface area contributed by atoms with E-state index in [1.54, 1.807) is 0 Å². The van der Waals surface area contributed by atoms with Crippen molar-refractivity contribution in [2.45, 2.75) is 85.5 Å². The SMILES string of the molecule is CCCCCCCCC(C)CC(C)(C)CC(=O)O. The largest absolute Gasteiger partial charge is 0.481 e. The molecule has 1 N–H and O–H groups in total. The lowest BCUT2D eigenvalue weighted by Gasteiger charge is -2.26. The van der Waals surface area contributed by atoms with E-state index in [0.29, 0.717) is 5.92 Å². The summed E-state index contributed by atoms with van der Waals surface area (Å²) in [5.41, 5.74) is -0.0620. The Bertz CT molecular complexity index is 221. The molecule has 2 heteroatoms. The zero-order chi connectivity index (χ0) is 14.0. The van der Waals surface area contributed by atoms with Gasteiger partial charge in [-0.3, -0.25) is 4.79 Å². The van der Waals surface area contributed by atoms with Crippen molar-refractivity contribution in [1.29, 1.82) is 0 Å². The number of aliphatic carboxylic acids is 1. The molecule has 0 aliphatic rings. The minimum atomic E-state index is -0.674. The Morgan fingerprint density at radius 2 is 1.67 bits per heavy atom. The minimum Gasteiger partial charge on any atom is -0.481 e. The van der Waals surface area contributed by atoms with Gasteiger partial charge in [0.25, 0.3) is 0 Å². The van der Waals surface area contributed by atoms with Crippen molar-refractivity contribution in [2.24, 2.45) is 11.3 Å². The van der Waals surface area contributed by atoms with E-state index in [9.17, 15) is 4.79 Å². The second-order valence-corrected chi connectivity index (χ2v) is 6.60. The first-order valence-corrected chi connectivity index (χ1v) is 7.59. The third-order valence-corrected chi connectivity index (χ3v) is 3.58. The maximum Gasteiger partial charge on any atom is 0.303 e. The highest BCUT2D eigenvalue weighted by Gasteiger charge is 2.23. The smallest absolute Gasteiger partial charge is 0.303 e. The quantitative estimate of drug-likeness (QED) is 0.512. The maximum absolute atomic E-state index is 10.8. The van der Waals surface area contributed by atoms with Crippen molar-refractivity contribution in [3.05, 3.63) is 0 Å². The van der Waals surface area contributed by atoms with Gasteiger partial charge < -0.3 is 5.11 Å². The molecular formula is C16H32O2. The summed E-state index contributed by atoms with van der Waals surface area (Å²) >= 11 is 0. The highest BCUT2D eigenvalue weighted by molar-refractivity contribution is 5.67. The van der Waals surface area contributed by atoms with E-state index < -0.39 is 5.97 Å². The van der Waals surface area contributed by atoms with Crippen LogP contribution in [-0.4, -0.2) is 11.1 Å². The average molecular weight is 256 g/mol. The number of carboxylic acids is 1. The Kier molecular flexibility index (Phi) is 9.13. The van der Waals surface area contributed by atoms with Crippen molar-refractivity contribution in [2.75, 3.05) is 0 Å². The van der Waals surface area contributed by atoms with Crippen LogP contribution in [0.2, 0.25) is 0 Å². The van der Waals surface area contributed by atoms with E-state index in [-0.39, 0.29) is 11.8 Å². The van der Waals surface area contributed by atoms with E-state index in [1.165, 1.54) is 44.9 Å². The van der Waals surface area contributed by atoms with Gasteiger partial charge in [-0.1, -0.05) is 72.6 Å². The van der Waals surface area contributed by atoms with Crippen molar-refractivity contribution in [3.63, 3.8) is 0 Å². The first kappa shape index (κ1) is 17.5. The molecule has 0 saturated heterocycles. The van der Waals surface area contributed by atoms with E-state index >= 15 is 0 Å². The lowest BCUT2D eigenvalue weighted by atomic mass is 9.79. The predicted octanol–water partition coefficient (Wildman–Crippen LogP) is 5.26. The summed E-state index contributed by atoms with van der Waals surface area (Å²) in [5.74, 6) is -0.0303. The van der Waals surface area contributed by atoms with Gasteiger partial charge in [0.2, 0.25) is 0 Å². The number of carboxylic acid groups (broad SMARTS) is 1. The first-order chi connectivity index (χ1) is 8.37. The lowest BCUT2D eigenvalue weighted by Crippen LogP contribution is -2.19. The topological polar surface area (TPSA) is 37.3 Å². The molecule has 0 saturated carbocycles. The Morgan fingerprint density at radius 3 is 2.22 bits per heavy atom. The van der Waals surface area contributed by atoms with Crippen molar-refractivity contribution < 1.29 is 9.90 Å². The van der Waals surface area contributed by atoms with Crippen LogP contribution in [0.3, 0.4) is 0 Å². The summed E-state index contributed by atoms with van der Waals surface area (Å²) < 4.78 is 0. The number of hydrogen-bond donors (Lipinski definition) is 1. The molecule has 0 amide bonds. The summed E-state index contributed by atoms with van der Waals surface area (Å²) in [7, 11) is 0. The van der Waals surface area contributed by atoms with Crippen molar-refractivity contribution in [3.8, 4) is 0 Å². The summed E-state index contributed by atoms with van der Waals surface area (Å²) in [5, 5.41) is 8.86. The fourth-order valence-electron chi connectivity index (χ4n) is 2.80. The summed E-state index contributed by atoms with van der Waals surface area (Å²) in [6.07, 6.45) is 10.6. The van der Waals surface area contributed by atoms with Crippen LogP contribution in [0.15, 0.2) is 0 Å². The van der Waals surface area contributed by atoms with Crippen LogP contribution in [0.5, 0.6) is 0 Å². The highest BCUT2D eigenvalue weighted by atomic mass is 16.4. The monoisotopic (exact) mass is 256 g/mol. The molecular weight excluding hydrogens is 224 g/mol. The number of hydrogen-bond acceptors (Lipinski definition) is 1. The molecule has 18 heavy (non-hydrogen) atoms. The second-order valence-electron chi connectivity index (χ2n) is 6.60. The van der Waals surface area contributed by atoms with E-state index in [1.807, 2.05) is 0 Å². The normalized spacial score (nSPS) is 13.6. The van der Waals surface area contributed by atoms with E-state index in [4.69, 9.17) is 5.11 Å². The fourth-order valence-corrected chi connectivity index (χ4v) is 2.80. The molecule has 0 radical (unpaired) electrons. The molecule has 0 spiro atoms. The van der Waals surface area contributed by atoms with Crippen molar-refractivity contribution >= 4 is 5.97 Å². The molecule has 0 fully saturated rings. The van der Waals surface area contributed by atoms with Crippen LogP contribution in [0.4, 0.5) is 0 Å². The van der Waals surface area contributed by atoms with Crippen LogP contribution in [0.1, 0.15) is 85.5 Å². The molecule has 0 aromatic rings. The molecule has 0 aromatic carbocycles. The highest BCUT2D eigenvalue weighted by Crippen LogP contribution is 2.31. The zero-order valence-electron chi connectivity index (χ0n) is 12.8. The van der Waals surface area contributed by atoms with Gasteiger partial charge in [-0.2, -0.15) is 0 Å². The Labute approximate surface area is 113 Å². The predicted molar refractivity (Wildman–Crippen MR) is 77.8 cm³/mol. The minimum absolute atomic E-state index is 0.0620. The van der Waals surface area contributed by atoms with Gasteiger partial charge in [-0.15, -0.1) is 0 Å². The van der Waals surface area contributed by atoms with Crippen LogP contribution < -0.4 is 0 Å². The fraction of sp³-hybridized carbons (Fsp3) is 0.938. The third-order valence-electron chi connectivity index (χ3n) is 3.58. The lowest BCUT2D eigenvalue weighted by molar-refractivity contribution is -0.139. The van der Waals surface area contributed by atoms with Crippen LogP contribution in [0, 0.1) is 11.3 Å². The van der Waals surface area contributed by atoms with Gasteiger partial charge in [0.15, 0.2) is 0 Å². The van der Waals surface area contributed by atoms with Gasteiger partial charge in [0.05, 0.1) is 6.42 Å². The van der Waals surface area contributed by atoms with Gasteiger partial charge in [0.1, 0.15) is 0 Å². The first-order valence-electron chi connectivity index (χ1n) is 7.59. The van der Waals surface area contributed by atoms with E-state index in [0.717, 1.165) is 6.42 Å². The van der Waals surface area contributed by atoms with Crippen LogP contribution in [0.25, 0.3) is 0 Å².